The van der Waals surface area contributed by atoms with E-state index in [1.165, 1.54) is 6.26 Å². The van der Waals surface area contributed by atoms with Crippen LogP contribution in [0.1, 0.15) is 36.6 Å². The Balaban J connectivity index is 2.29. The summed E-state index contributed by atoms with van der Waals surface area (Å²) in [6.07, 6.45) is 1.74. The molecule has 1 aromatic heterocycles. The second kappa shape index (κ2) is 5.44. The maximum Gasteiger partial charge on any atom is 0.399 e. The fourth-order valence-corrected chi connectivity index (χ4v) is 1.82. The SMILES string of the molecule is Cc1ccc(C(C)C)c(Oc2nc(CCl)co2)c1. The fourth-order valence-electron chi connectivity index (χ4n) is 1.70. The Labute approximate surface area is 112 Å². The standard InChI is InChI=1S/C14H16ClNO2/c1-9(2)12-5-4-10(3)6-13(12)18-14-16-11(7-15)8-17-14/h4-6,8-9H,7H2,1-3H3. The summed E-state index contributed by atoms with van der Waals surface area (Å²) < 4.78 is 10.9. The van der Waals surface area contributed by atoms with Crippen LogP contribution in [0.15, 0.2) is 28.9 Å². The van der Waals surface area contributed by atoms with Crippen LogP contribution in [0.4, 0.5) is 0 Å². The van der Waals surface area contributed by atoms with Crippen molar-refractivity contribution in [3.05, 3.63) is 41.3 Å². The highest BCUT2D eigenvalue weighted by molar-refractivity contribution is 6.16. The molecule has 0 aliphatic heterocycles. The molecule has 0 bridgehead atoms. The third kappa shape index (κ3) is 2.85. The first-order valence-corrected chi connectivity index (χ1v) is 6.42. The monoisotopic (exact) mass is 265 g/mol. The summed E-state index contributed by atoms with van der Waals surface area (Å²) in [6, 6.07) is 6.13. The number of ether oxygens (including phenoxy) is 1. The number of halogens is 1. The van der Waals surface area contributed by atoms with Crippen LogP contribution in [0.2, 0.25) is 0 Å². The van der Waals surface area contributed by atoms with Gasteiger partial charge in [-0.15, -0.1) is 11.6 Å². The van der Waals surface area contributed by atoms with Crippen molar-refractivity contribution in [2.24, 2.45) is 0 Å². The molecule has 0 amide bonds. The molecule has 0 saturated carbocycles. The van der Waals surface area contributed by atoms with Gasteiger partial charge in [-0.2, -0.15) is 4.98 Å². The van der Waals surface area contributed by atoms with Crippen molar-refractivity contribution in [3.8, 4) is 11.8 Å². The minimum atomic E-state index is 0.234. The van der Waals surface area contributed by atoms with E-state index in [9.17, 15) is 0 Å². The van der Waals surface area contributed by atoms with Crippen molar-refractivity contribution in [2.45, 2.75) is 32.6 Å². The lowest BCUT2D eigenvalue weighted by atomic mass is 10.0. The van der Waals surface area contributed by atoms with Gasteiger partial charge in [0.2, 0.25) is 0 Å². The number of aromatic nitrogens is 1. The minimum absolute atomic E-state index is 0.234. The van der Waals surface area contributed by atoms with E-state index in [-0.39, 0.29) is 6.08 Å². The Hall–Kier alpha value is -1.48. The molecule has 0 aliphatic carbocycles. The first-order valence-electron chi connectivity index (χ1n) is 5.89. The minimum Gasteiger partial charge on any atom is -0.417 e. The maximum atomic E-state index is 5.70. The van der Waals surface area contributed by atoms with Gasteiger partial charge in [0.15, 0.2) is 0 Å². The summed E-state index contributed by atoms with van der Waals surface area (Å²) in [6.45, 7) is 6.27. The molecule has 0 saturated heterocycles. The van der Waals surface area contributed by atoms with Crippen molar-refractivity contribution in [1.29, 1.82) is 0 Å². The molecule has 1 aromatic carbocycles. The topological polar surface area (TPSA) is 35.3 Å². The van der Waals surface area contributed by atoms with E-state index in [4.69, 9.17) is 20.8 Å². The molecule has 4 heteroatoms. The molecule has 2 aromatic rings. The van der Waals surface area contributed by atoms with Gasteiger partial charge < -0.3 is 9.15 Å². The number of nitrogens with zero attached hydrogens (tertiary/aromatic N) is 1. The molecule has 0 spiro atoms. The van der Waals surface area contributed by atoms with Gasteiger partial charge in [-0.05, 0) is 30.0 Å². The first-order chi connectivity index (χ1) is 8.60. The predicted octanol–water partition coefficient (Wildman–Crippen LogP) is 4.64. The van der Waals surface area contributed by atoms with Gasteiger partial charge in [0, 0.05) is 0 Å². The lowest BCUT2D eigenvalue weighted by molar-refractivity contribution is 0.327. The first kappa shape index (κ1) is 13.0. The van der Waals surface area contributed by atoms with Gasteiger partial charge in [-0.25, -0.2) is 0 Å². The molecule has 18 heavy (non-hydrogen) atoms. The van der Waals surface area contributed by atoms with Gasteiger partial charge in [0.1, 0.15) is 12.0 Å². The Bertz CT molecular complexity index is 534. The molecule has 3 nitrogen and oxygen atoms in total. The van der Waals surface area contributed by atoms with E-state index in [0.29, 0.717) is 17.5 Å². The number of oxazole rings is 1. The Kier molecular flexibility index (Phi) is 3.92. The molecular formula is C14H16ClNO2. The summed E-state index contributed by atoms with van der Waals surface area (Å²) in [5.74, 6) is 1.48. The Morgan fingerprint density at radius 3 is 2.78 bits per heavy atom. The second-order valence-corrected chi connectivity index (χ2v) is 4.80. The van der Waals surface area contributed by atoms with E-state index in [0.717, 1.165) is 16.9 Å². The molecular weight excluding hydrogens is 250 g/mol. The predicted molar refractivity (Wildman–Crippen MR) is 71.4 cm³/mol. The average molecular weight is 266 g/mol. The molecule has 0 unspecified atom stereocenters. The molecule has 0 fully saturated rings. The van der Waals surface area contributed by atoms with Crippen LogP contribution >= 0.6 is 11.6 Å². The number of benzene rings is 1. The second-order valence-electron chi connectivity index (χ2n) is 4.54. The number of alkyl halides is 1. The van der Waals surface area contributed by atoms with Crippen LogP contribution in [0.25, 0.3) is 0 Å². The van der Waals surface area contributed by atoms with Crippen molar-refractivity contribution >= 4 is 11.6 Å². The quantitative estimate of drug-likeness (QED) is 0.756. The van der Waals surface area contributed by atoms with Crippen LogP contribution < -0.4 is 4.74 Å². The van der Waals surface area contributed by atoms with E-state index < -0.39 is 0 Å². The van der Waals surface area contributed by atoms with E-state index in [1.807, 2.05) is 13.0 Å². The highest BCUT2D eigenvalue weighted by atomic mass is 35.5. The molecule has 1 heterocycles. The average Bonchev–Trinajstić information content (AvgIpc) is 2.76. The number of hydrogen-bond donors (Lipinski definition) is 0. The zero-order valence-corrected chi connectivity index (χ0v) is 11.5. The summed E-state index contributed by atoms with van der Waals surface area (Å²) in [5.41, 5.74) is 2.94. The number of rotatable bonds is 4. The fraction of sp³-hybridized carbons (Fsp3) is 0.357. The normalized spacial score (nSPS) is 10.9. The van der Waals surface area contributed by atoms with Crippen LogP contribution in [0.5, 0.6) is 11.8 Å². The lowest BCUT2D eigenvalue weighted by Gasteiger charge is -2.12. The largest absolute Gasteiger partial charge is 0.417 e. The van der Waals surface area contributed by atoms with Gasteiger partial charge in [-0.3, -0.25) is 0 Å². The van der Waals surface area contributed by atoms with Crippen LogP contribution in [-0.2, 0) is 5.88 Å². The van der Waals surface area contributed by atoms with Gasteiger partial charge in [-0.1, -0.05) is 26.0 Å². The zero-order chi connectivity index (χ0) is 13.1. The molecule has 96 valence electrons. The van der Waals surface area contributed by atoms with Crippen molar-refractivity contribution in [1.82, 2.24) is 4.98 Å². The zero-order valence-electron chi connectivity index (χ0n) is 10.7. The summed E-state index contributed by atoms with van der Waals surface area (Å²) in [7, 11) is 0. The van der Waals surface area contributed by atoms with Crippen molar-refractivity contribution in [3.63, 3.8) is 0 Å². The number of hydrogen-bond acceptors (Lipinski definition) is 3. The lowest BCUT2D eigenvalue weighted by Crippen LogP contribution is -1.95. The molecule has 0 radical (unpaired) electrons. The smallest absolute Gasteiger partial charge is 0.399 e. The van der Waals surface area contributed by atoms with Gasteiger partial charge in [0.05, 0.1) is 11.6 Å². The van der Waals surface area contributed by atoms with E-state index in [1.54, 1.807) is 0 Å². The van der Waals surface area contributed by atoms with Crippen LogP contribution in [-0.4, -0.2) is 4.98 Å². The Morgan fingerprint density at radius 2 is 2.17 bits per heavy atom. The molecule has 0 atom stereocenters. The highest BCUT2D eigenvalue weighted by Gasteiger charge is 2.12. The van der Waals surface area contributed by atoms with Gasteiger partial charge in [0.25, 0.3) is 0 Å². The molecule has 0 aliphatic rings. The number of aryl methyl sites for hydroxylation is 1. The van der Waals surface area contributed by atoms with Crippen LogP contribution in [0.3, 0.4) is 0 Å². The summed E-state index contributed by atoms with van der Waals surface area (Å²) >= 11 is 5.67. The third-order valence-electron chi connectivity index (χ3n) is 2.66. The van der Waals surface area contributed by atoms with Gasteiger partial charge >= 0.3 is 6.08 Å². The molecule has 2 rings (SSSR count). The highest BCUT2D eigenvalue weighted by Crippen LogP contribution is 2.31. The van der Waals surface area contributed by atoms with E-state index in [2.05, 4.69) is 31.0 Å². The van der Waals surface area contributed by atoms with Crippen molar-refractivity contribution in [2.75, 3.05) is 0 Å². The van der Waals surface area contributed by atoms with E-state index >= 15 is 0 Å². The summed E-state index contributed by atoms with van der Waals surface area (Å²) in [4.78, 5) is 4.13. The third-order valence-corrected chi connectivity index (χ3v) is 2.93. The maximum absolute atomic E-state index is 5.70. The van der Waals surface area contributed by atoms with Crippen molar-refractivity contribution < 1.29 is 9.15 Å². The van der Waals surface area contributed by atoms with Crippen LogP contribution in [0, 0.1) is 6.92 Å². The molecule has 0 N–H and O–H groups in total. The summed E-state index contributed by atoms with van der Waals surface area (Å²) in [5, 5.41) is 0. The Morgan fingerprint density at radius 1 is 1.39 bits per heavy atom.